The van der Waals surface area contributed by atoms with Crippen molar-refractivity contribution in [3.05, 3.63) is 109 Å². The van der Waals surface area contributed by atoms with E-state index in [0.29, 0.717) is 13.1 Å². The average molecular weight is 652 g/mol. The number of pyridine rings is 2. The van der Waals surface area contributed by atoms with Gasteiger partial charge in [-0.25, -0.2) is 28.6 Å². The predicted molar refractivity (Wildman–Crippen MR) is 129 cm³/mol. The Kier molecular flexibility index (Phi) is 9.47. The van der Waals surface area contributed by atoms with Crippen LogP contribution in [0.25, 0.3) is 33.8 Å². The molecule has 5 aromatic heterocycles. The van der Waals surface area contributed by atoms with Crippen LogP contribution in [0.5, 0.6) is 0 Å². The van der Waals surface area contributed by atoms with Gasteiger partial charge in [0.15, 0.2) is 0 Å². The second-order valence-corrected chi connectivity index (χ2v) is 8.97. The minimum absolute atomic E-state index is 0. The van der Waals surface area contributed by atoms with Gasteiger partial charge < -0.3 is 0 Å². The van der Waals surface area contributed by atoms with Crippen LogP contribution in [0.4, 0.5) is 0 Å². The standard InChI is InChI=1S/C26H20N8.Ag.ClHO4/c1-2-10-22-21(9-1)29-25(17-33-15-11-23(31-33)19-7-3-5-13-27-19)26(30-22)18-34-16-12-24(32-34)20-8-4-6-14-28-20;;2-1(3,4)5/h1-16H,17-18H2;;(H,2,3,4,5)/q;+1;/p-1. The molecule has 14 heteroatoms. The molecule has 0 saturated heterocycles. The SMILES string of the molecule is [Ag+].[O-][Cl+3]([O-])([O-])[O-].c1ccc(-c2ccn(Cc3nc4ccccc4nc3Cn3ccc(-c4ccccn4)n3)n2)nc1. The van der Waals surface area contributed by atoms with Gasteiger partial charge in [-0.3, -0.25) is 19.3 Å². The summed E-state index contributed by atoms with van der Waals surface area (Å²) in [6, 6.07) is 23.4. The molecule has 0 N–H and O–H groups in total. The Balaban J connectivity index is 0.000000569. The van der Waals surface area contributed by atoms with Gasteiger partial charge >= 0.3 is 22.4 Å². The molecule has 0 fully saturated rings. The van der Waals surface area contributed by atoms with Crippen molar-refractivity contribution in [2.24, 2.45) is 0 Å². The van der Waals surface area contributed by atoms with E-state index in [1.807, 2.05) is 94.6 Å². The molecule has 40 heavy (non-hydrogen) atoms. The van der Waals surface area contributed by atoms with E-state index >= 15 is 0 Å². The van der Waals surface area contributed by atoms with E-state index < -0.39 is 10.2 Å². The number of benzene rings is 1. The van der Waals surface area contributed by atoms with Gasteiger partial charge in [-0.2, -0.15) is 10.2 Å². The first kappa shape index (κ1) is 29.1. The van der Waals surface area contributed by atoms with Crippen LogP contribution in [0.1, 0.15) is 11.4 Å². The third-order valence-corrected chi connectivity index (χ3v) is 5.49. The number of fused-ring (bicyclic) bond motifs is 1. The van der Waals surface area contributed by atoms with Crippen LogP contribution < -0.4 is 18.6 Å². The first-order valence-electron chi connectivity index (χ1n) is 11.6. The van der Waals surface area contributed by atoms with Gasteiger partial charge in [0.25, 0.3) is 0 Å². The van der Waals surface area contributed by atoms with Gasteiger partial charge in [-0.1, -0.05) is 24.3 Å². The largest absolute Gasteiger partial charge is 1.00 e. The molecule has 1 aromatic carbocycles. The van der Waals surface area contributed by atoms with Gasteiger partial charge in [0.2, 0.25) is 0 Å². The molecule has 0 aliphatic carbocycles. The number of halogens is 1. The summed E-state index contributed by atoms with van der Waals surface area (Å²) in [5, 5.41) is 9.41. The quantitative estimate of drug-likeness (QED) is 0.213. The van der Waals surface area contributed by atoms with Gasteiger partial charge in [-0.05, 0) is 48.5 Å². The summed E-state index contributed by atoms with van der Waals surface area (Å²) in [7, 11) is -4.94. The number of rotatable bonds is 6. The van der Waals surface area contributed by atoms with Crippen LogP contribution in [0, 0.1) is 10.2 Å². The third-order valence-electron chi connectivity index (χ3n) is 5.49. The van der Waals surface area contributed by atoms with Crippen LogP contribution in [0.3, 0.4) is 0 Å². The summed E-state index contributed by atoms with van der Waals surface area (Å²) >= 11 is 0. The molecular formula is C26H20AgClN8O4. The van der Waals surface area contributed by atoms with E-state index in [2.05, 4.69) is 9.97 Å². The summed E-state index contributed by atoms with van der Waals surface area (Å²) in [6.45, 7) is 0.989. The van der Waals surface area contributed by atoms with Crippen LogP contribution in [0.2, 0.25) is 0 Å². The number of para-hydroxylation sites is 2. The molecule has 0 saturated carbocycles. The summed E-state index contributed by atoms with van der Waals surface area (Å²) in [5.41, 5.74) is 6.73. The van der Waals surface area contributed by atoms with Crippen molar-refractivity contribution in [3.8, 4) is 22.8 Å². The van der Waals surface area contributed by atoms with Crippen molar-refractivity contribution in [3.63, 3.8) is 0 Å². The van der Waals surface area contributed by atoms with E-state index in [1.54, 1.807) is 12.4 Å². The molecule has 0 spiro atoms. The van der Waals surface area contributed by atoms with E-state index in [0.717, 1.165) is 45.2 Å². The zero-order valence-electron chi connectivity index (χ0n) is 20.5. The Morgan fingerprint density at radius 1 is 0.550 bits per heavy atom. The van der Waals surface area contributed by atoms with E-state index in [1.165, 1.54) is 0 Å². The van der Waals surface area contributed by atoms with Crippen LogP contribution in [-0.2, 0) is 35.5 Å². The fourth-order valence-corrected chi connectivity index (χ4v) is 3.83. The average Bonchev–Trinajstić information content (AvgIpc) is 3.59. The number of aromatic nitrogens is 8. The number of hydrogen-bond donors (Lipinski definition) is 0. The molecule has 12 nitrogen and oxygen atoms in total. The maximum Gasteiger partial charge on any atom is 1.00 e. The third kappa shape index (κ3) is 7.85. The molecule has 0 amide bonds. The summed E-state index contributed by atoms with van der Waals surface area (Å²) in [6.07, 6.45) is 7.42. The number of hydrogen-bond acceptors (Lipinski definition) is 10. The smallest absolute Gasteiger partial charge is 0.266 e. The van der Waals surface area contributed by atoms with Crippen molar-refractivity contribution in [1.82, 2.24) is 39.5 Å². The first-order valence-corrected chi connectivity index (χ1v) is 12.8. The van der Waals surface area contributed by atoms with Crippen LogP contribution in [-0.4, -0.2) is 39.5 Å². The maximum atomic E-state index is 8.49. The summed E-state index contributed by atoms with van der Waals surface area (Å²) in [5.74, 6) is 0. The topological polar surface area (TPSA) is 179 Å². The Morgan fingerprint density at radius 2 is 0.950 bits per heavy atom. The first-order chi connectivity index (χ1) is 18.8. The molecule has 0 unspecified atom stereocenters. The molecule has 0 aliphatic rings. The molecule has 206 valence electrons. The Morgan fingerprint density at radius 3 is 1.32 bits per heavy atom. The van der Waals surface area contributed by atoms with Gasteiger partial charge in [0.05, 0.1) is 46.9 Å². The Hall–Kier alpha value is -3.85. The zero-order chi connectivity index (χ0) is 27.2. The summed E-state index contributed by atoms with van der Waals surface area (Å²) < 4.78 is 37.7. The fraction of sp³-hybridized carbons (Fsp3) is 0.0769. The number of nitrogens with zero attached hydrogens (tertiary/aromatic N) is 8. The minimum atomic E-state index is -4.94. The van der Waals surface area contributed by atoms with Crippen molar-refractivity contribution in [2.75, 3.05) is 0 Å². The second kappa shape index (κ2) is 13.0. The van der Waals surface area contributed by atoms with Crippen LogP contribution >= 0.6 is 0 Å². The molecule has 6 rings (SSSR count). The van der Waals surface area contributed by atoms with Crippen LogP contribution in [0.15, 0.2) is 97.6 Å². The van der Waals surface area contributed by atoms with Gasteiger partial charge in [-0.15, -0.1) is 10.2 Å². The predicted octanol–water partition coefficient (Wildman–Crippen LogP) is -0.515. The molecular weight excluding hydrogens is 632 g/mol. The zero-order valence-corrected chi connectivity index (χ0v) is 22.8. The van der Waals surface area contributed by atoms with Gasteiger partial charge in [0.1, 0.15) is 11.4 Å². The van der Waals surface area contributed by atoms with Crippen molar-refractivity contribution < 1.29 is 51.3 Å². The molecule has 0 atom stereocenters. The van der Waals surface area contributed by atoms with Crippen molar-refractivity contribution >= 4 is 11.0 Å². The molecule has 0 aliphatic heterocycles. The van der Waals surface area contributed by atoms with E-state index in [-0.39, 0.29) is 22.4 Å². The molecule has 6 aromatic rings. The van der Waals surface area contributed by atoms with E-state index in [9.17, 15) is 0 Å². The molecule has 0 radical (unpaired) electrons. The monoisotopic (exact) mass is 650 g/mol. The summed E-state index contributed by atoms with van der Waals surface area (Å²) in [4.78, 5) is 18.6. The molecule has 0 bridgehead atoms. The van der Waals surface area contributed by atoms with Crippen molar-refractivity contribution in [1.29, 1.82) is 0 Å². The van der Waals surface area contributed by atoms with Crippen molar-refractivity contribution in [2.45, 2.75) is 13.1 Å². The fourth-order valence-electron chi connectivity index (χ4n) is 3.83. The van der Waals surface area contributed by atoms with E-state index in [4.69, 9.17) is 38.8 Å². The Labute approximate surface area is 245 Å². The normalized spacial score (nSPS) is 11.0. The second-order valence-electron chi connectivity index (χ2n) is 8.21. The molecule has 5 heterocycles. The Bertz CT molecular complexity index is 1550. The maximum absolute atomic E-state index is 8.49. The minimum Gasteiger partial charge on any atom is -0.266 e. The van der Waals surface area contributed by atoms with Gasteiger partial charge in [0, 0.05) is 24.8 Å².